The molecule has 1 aliphatic heterocycles. The van der Waals surface area contributed by atoms with Crippen LogP contribution in [0.2, 0.25) is 5.15 Å². The van der Waals surface area contributed by atoms with Crippen LogP contribution in [0.25, 0.3) is 0 Å². The number of anilines is 2. The Morgan fingerprint density at radius 2 is 2.19 bits per heavy atom. The average Bonchev–Trinajstić information content (AvgIpc) is 2.87. The number of fused-ring (bicyclic) bond motifs is 1. The summed E-state index contributed by atoms with van der Waals surface area (Å²) in [4.78, 5) is 26.0. The van der Waals surface area contributed by atoms with Crippen molar-refractivity contribution in [2.45, 2.75) is 32.7 Å². The van der Waals surface area contributed by atoms with E-state index in [0.717, 1.165) is 22.6 Å². The molecule has 0 saturated carbocycles. The van der Waals surface area contributed by atoms with Crippen LogP contribution in [0.5, 0.6) is 5.75 Å². The maximum absolute atomic E-state index is 11.2. The minimum Gasteiger partial charge on any atom is -0.496 e. The largest absolute Gasteiger partial charge is 0.496 e. The molecule has 0 aromatic carbocycles. The van der Waals surface area contributed by atoms with Gasteiger partial charge in [0.25, 0.3) is 0 Å². The molecule has 1 atom stereocenters. The van der Waals surface area contributed by atoms with Gasteiger partial charge in [-0.25, -0.2) is 4.98 Å². The summed E-state index contributed by atoms with van der Waals surface area (Å²) in [5.74, 6) is 0.206. The Kier molecular flexibility index (Phi) is 4.86. The molecule has 1 aliphatic rings. The predicted octanol–water partition coefficient (Wildman–Crippen LogP) is 2.31. The summed E-state index contributed by atoms with van der Waals surface area (Å²) < 4.78 is 5.46. The monoisotopic (exact) mass is 377 g/mol. The molecular formula is C17H20ClN5O3. The number of aryl methyl sites for hydroxylation is 1. The topological polar surface area (TPSA) is 114 Å². The summed E-state index contributed by atoms with van der Waals surface area (Å²) in [6, 6.07) is 0. The molecular weight excluding hydrogens is 358 g/mol. The molecule has 2 aromatic rings. The third-order valence-corrected chi connectivity index (χ3v) is 4.84. The fourth-order valence-electron chi connectivity index (χ4n) is 3.41. The van der Waals surface area contributed by atoms with E-state index in [0.29, 0.717) is 24.5 Å². The molecule has 9 heteroatoms. The Hall–Kier alpha value is -2.61. The van der Waals surface area contributed by atoms with E-state index in [2.05, 4.69) is 15.0 Å². The number of hydrogen-bond acceptors (Lipinski definition) is 7. The van der Waals surface area contributed by atoms with Gasteiger partial charge in [0.2, 0.25) is 5.95 Å². The zero-order valence-corrected chi connectivity index (χ0v) is 15.5. The number of carboxylic acids is 1. The van der Waals surface area contributed by atoms with Crippen molar-refractivity contribution in [3.05, 3.63) is 33.7 Å². The molecule has 2 aromatic heterocycles. The van der Waals surface area contributed by atoms with Crippen molar-refractivity contribution >= 4 is 29.3 Å². The van der Waals surface area contributed by atoms with Crippen LogP contribution in [0.4, 0.5) is 11.8 Å². The number of rotatable bonds is 5. The number of halogens is 1. The molecule has 8 nitrogen and oxygen atoms in total. The van der Waals surface area contributed by atoms with E-state index in [1.807, 2.05) is 18.7 Å². The second-order valence-electron chi connectivity index (χ2n) is 6.33. The van der Waals surface area contributed by atoms with Crippen molar-refractivity contribution < 1.29 is 14.6 Å². The van der Waals surface area contributed by atoms with Gasteiger partial charge in [0, 0.05) is 35.3 Å². The van der Waals surface area contributed by atoms with Crippen molar-refractivity contribution in [3.8, 4) is 5.75 Å². The average molecular weight is 378 g/mol. The lowest BCUT2D eigenvalue weighted by molar-refractivity contribution is -0.137. The number of methoxy groups -OCH3 is 1. The van der Waals surface area contributed by atoms with Crippen molar-refractivity contribution in [3.63, 3.8) is 0 Å². The van der Waals surface area contributed by atoms with E-state index in [9.17, 15) is 9.90 Å². The molecule has 0 aliphatic carbocycles. The minimum absolute atomic E-state index is 0.0554. The second-order valence-corrected chi connectivity index (χ2v) is 6.69. The number of nitrogens with zero attached hydrogens (tertiary/aromatic N) is 4. The first kappa shape index (κ1) is 18.2. The van der Waals surface area contributed by atoms with Gasteiger partial charge in [0.05, 0.1) is 25.8 Å². The summed E-state index contributed by atoms with van der Waals surface area (Å²) in [6.07, 6.45) is 1.70. The van der Waals surface area contributed by atoms with Gasteiger partial charge in [-0.05, 0) is 13.8 Å². The molecule has 3 heterocycles. The number of nitrogens with two attached hydrogens (primary N) is 1. The lowest BCUT2D eigenvalue weighted by Gasteiger charge is -2.21. The van der Waals surface area contributed by atoms with Gasteiger partial charge in [-0.3, -0.25) is 9.78 Å². The summed E-state index contributed by atoms with van der Waals surface area (Å²) in [7, 11) is 1.63. The third kappa shape index (κ3) is 3.24. The number of aliphatic carboxylic acids is 1. The Bertz CT molecular complexity index is 874. The molecule has 0 radical (unpaired) electrons. The molecule has 0 amide bonds. The van der Waals surface area contributed by atoms with Gasteiger partial charge in [-0.1, -0.05) is 11.6 Å². The second kappa shape index (κ2) is 6.95. The Labute approximate surface area is 156 Å². The van der Waals surface area contributed by atoms with E-state index >= 15 is 0 Å². The molecule has 0 saturated heterocycles. The molecule has 0 fully saturated rings. The lowest BCUT2D eigenvalue weighted by Crippen LogP contribution is -2.24. The van der Waals surface area contributed by atoms with Crippen molar-refractivity contribution in [2.24, 2.45) is 0 Å². The van der Waals surface area contributed by atoms with Gasteiger partial charge >= 0.3 is 5.97 Å². The maximum Gasteiger partial charge on any atom is 0.304 e. The molecule has 3 rings (SSSR count). The number of hydrogen-bond donors (Lipinski definition) is 2. The normalized spacial score (nSPS) is 15.8. The fraction of sp³-hybridized carbons (Fsp3) is 0.412. The van der Waals surface area contributed by atoms with E-state index in [1.54, 1.807) is 13.3 Å². The first-order chi connectivity index (χ1) is 12.3. The highest BCUT2D eigenvalue weighted by Gasteiger charge is 2.35. The van der Waals surface area contributed by atoms with Crippen LogP contribution in [0, 0.1) is 13.8 Å². The summed E-state index contributed by atoms with van der Waals surface area (Å²) >= 11 is 6.23. The highest BCUT2D eigenvalue weighted by Crippen LogP contribution is 2.41. The molecule has 0 bridgehead atoms. The number of carbonyl (C=O) groups is 1. The van der Waals surface area contributed by atoms with Crippen LogP contribution in [-0.2, 0) is 11.3 Å². The molecule has 138 valence electrons. The van der Waals surface area contributed by atoms with Crippen LogP contribution in [-0.4, -0.2) is 39.7 Å². The Balaban J connectivity index is 1.99. The first-order valence-corrected chi connectivity index (χ1v) is 8.48. The van der Waals surface area contributed by atoms with E-state index in [4.69, 9.17) is 22.1 Å². The third-order valence-electron chi connectivity index (χ3n) is 4.56. The van der Waals surface area contributed by atoms with Gasteiger partial charge in [0.15, 0.2) is 0 Å². The first-order valence-electron chi connectivity index (χ1n) is 8.10. The van der Waals surface area contributed by atoms with Gasteiger partial charge < -0.3 is 20.5 Å². The zero-order chi connectivity index (χ0) is 19.0. The standard InChI is InChI=1S/C17H20ClN5O3/c1-8-5-20-11(9(2)14(8)26-3)7-23-6-10(4-12(24)25)13-15(18)21-17(19)22-16(13)23/h5,10H,4,6-7H2,1-3H3,(H,24,25)(H2,19,21,22)/t10-/m0/s1. The van der Waals surface area contributed by atoms with Gasteiger partial charge in [-0.15, -0.1) is 0 Å². The molecule has 26 heavy (non-hydrogen) atoms. The maximum atomic E-state index is 11.2. The van der Waals surface area contributed by atoms with E-state index in [-0.39, 0.29) is 23.4 Å². The number of nitrogen functional groups attached to an aromatic ring is 1. The number of ether oxygens (including phenoxy) is 1. The quantitative estimate of drug-likeness (QED) is 0.763. The number of pyridine rings is 1. The van der Waals surface area contributed by atoms with Crippen LogP contribution in [0.3, 0.4) is 0 Å². The SMILES string of the molecule is COc1c(C)cnc(CN2C[C@H](CC(=O)O)c3c(Cl)nc(N)nc32)c1C. The number of aromatic nitrogens is 3. The van der Waals surface area contributed by atoms with Crippen molar-refractivity contribution in [2.75, 3.05) is 24.3 Å². The fourth-order valence-corrected chi connectivity index (χ4v) is 3.74. The number of carboxylic acid groups (broad SMARTS) is 1. The van der Waals surface area contributed by atoms with Crippen molar-refractivity contribution in [1.29, 1.82) is 0 Å². The zero-order valence-electron chi connectivity index (χ0n) is 14.8. The molecule has 3 N–H and O–H groups in total. The summed E-state index contributed by atoms with van der Waals surface area (Å²) in [6.45, 7) is 4.78. The van der Waals surface area contributed by atoms with Crippen LogP contribution in [0.15, 0.2) is 6.20 Å². The van der Waals surface area contributed by atoms with Gasteiger partial charge in [0.1, 0.15) is 16.7 Å². The van der Waals surface area contributed by atoms with Crippen LogP contribution < -0.4 is 15.4 Å². The highest BCUT2D eigenvalue weighted by molar-refractivity contribution is 6.30. The lowest BCUT2D eigenvalue weighted by atomic mass is 10.0. The summed E-state index contributed by atoms with van der Waals surface area (Å²) in [5.41, 5.74) is 9.08. The highest BCUT2D eigenvalue weighted by atomic mass is 35.5. The van der Waals surface area contributed by atoms with Crippen molar-refractivity contribution in [1.82, 2.24) is 15.0 Å². The smallest absolute Gasteiger partial charge is 0.304 e. The molecule has 0 spiro atoms. The molecule has 0 unspecified atom stereocenters. The predicted molar refractivity (Wildman–Crippen MR) is 97.8 cm³/mol. The summed E-state index contributed by atoms with van der Waals surface area (Å²) in [5, 5.41) is 9.41. The van der Waals surface area contributed by atoms with Gasteiger partial charge in [-0.2, -0.15) is 4.98 Å². The van der Waals surface area contributed by atoms with Crippen LogP contribution >= 0.6 is 11.6 Å². The van der Waals surface area contributed by atoms with E-state index in [1.165, 1.54) is 0 Å². The van der Waals surface area contributed by atoms with E-state index < -0.39 is 5.97 Å². The van der Waals surface area contributed by atoms with Crippen LogP contribution in [0.1, 0.15) is 34.7 Å². The Morgan fingerprint density at radius 1 is 1.46 bits per heavy atom. The minimum atomic E-state index is -0.901. The Morgan fingerprint density at radius 3 is 2.85 bits per heavy atom.